The molecule has 0 spiro atoms. The maximum Gasteiger partial charge on any atom is 0.339 e. The minimum Gasteiger partial charge on any atom is -0.460 e. The molecule has 3 rings (SSSR count). The summed E-state index contributed by atoms with van der Waals surface area (Å²) in [4.78, 5) is 13.0. The Kier molecular flexibility index (Phi) is 8.70. The number of ether oxygens (including phenoxy) is 1. The van der Waals surface area contributed by atoms with Crippen molar-refractivity contribution in [2.45, 2.75) is 51.2 Å². The predicted molar refractivity (Wildman–Crippen MR) is 137 cm³/mol. The molecule has 3 aromatic carbocycles. The maximum atomic E-state index is 12.9. The zero-order valence-electron chi connectivity index (χ0n) is 20.7. The fraction of sp³-hybridized carbons (Fsp3) is 0.321. The van der Waals surface area contributed by atoms with Crippen LogP contribution in [0.3, 0.4) is 0 Å². The standard InChI is InChI=1S/C28H33NO5S/c1-21-10-16-26(17-11-21)35(31,32)34-25-14-12-22(13-15-25)18-24(27(30)33-28(2,3)4)20-29-19-23-8-6-5-7-9-23/h5-17,24,29H,18-20H2,1-4H3. The average molecular weight is 496 g/mol. The van der Waals surface area contributed by atoms with Crippen LogP contribution in [0.4, 0.5) is 0 Å². The summed E-state index contributed by atoms with van der Waals surface area (Å²) in [6.07, 6.45) is 0.446. The number of benzene rings is 3. The van der Waals surface area contributed by atoms with E-state index in [0.29, 0.717) is 19.5 Å². The fourth-order valence-electron chi connectivity index (χ4n) is 3.46. The number of carbonyl (C=O) groups is 1. The van der Waals surface area contributed by atoms with E-state index in [4.69, 9.17) is 8.92 Å². The lowest BCUT2D eigenvalue weighted by atomic mass is 9.98. The van der Waals surface area contributed by atoms with Crippen LogP contribution in [0.1, 0.15) is 37.5 Å². The lowest BCUT2D eigenvalue weighted by Crippen LogP contribution is -2.35. The summed E-state index contributed by atoms with van der Waals surface area (Å²) >= 11 is 0. The van der Waals surface area contributed by atoms with Gasteiger partial charge in [0.15, 0.2) is 0 Å². The van der Waals surface area contributed by atoms with Crippen molar-refractivity contribution in [1.82, 2.24) is 5.32 Å². The largest absolute Gasteiger partial charge is 0.460 e. The molecule has 0 amide bonds. The van der Waals surface area contributed by atoms with Crippen molar-refractivity contribution in [3.05, 3.63) is 95.6 Å². The van der Waals surface area contributed by atoms with E-state index < -0.39 is 21.6 Å². The number of aryl methyl sites for hydroxylation is 1. The second-order valence-electron chi connectivity index (χ2n) is 9.55. The number of hydrogen-bond acceptors (Lipinski definition) is 6. The summed E-state index contributed by atoms with van der Waals surface area (Å²) in [5.74, 6) is -0.466. The molecule has 0 radical (unpaired) electrons. The van der Waals surface area contributed by atoms with Crippen LogP contribution in [-0.2, 0) is 32.6 Å². The van der Waals surface area contributed by atoms with Crippen LogP contribution >= 0.6 is 0 Å². The lowest BCUT2D eigenvalue weighted by molar-refractivity contribution is -0.159. The summed E-state index contributed by atoms with van der Waals surface area (Å²) < 4.78 is 36.0. The summed E-state index contributed by atoms with van der Waals surface area (Å²) in [5.41, 5.74) is 2.39. The van der Waals surface area contributed by atoms with Gasteiger partial charge in [-0.25, -0.2) is 0 Å². The first-order valence-electron chi connectivity index (χ1n) is 11.6. The Balaban J connectivity index is 1.66. The molecular formula is C28H33NO5S. The Hall–Kier alpha value is -3.16. The molecule has 1 N–H and O–H groups in total. The number of rotatable bonds is 10. The van der Waals surface area contributed by atoms with E-state index in [9.17, 15) is 13.2 Å². The lowest BCUT2D eigenvalue weighted by Gasteiger charge is -2.24. The molecule has 6 nitrogen and oxygen atoms in total. The van der Waals surface area contributed by atoms with Gasteiger partial charge < -0.3 is 14.2 Å². The highest BCUT2D eigenvalue weighted by molar-refractivity contribution is 7.87. The Morgan fingerprint density at radius 2 is 1.51 bits per heavy atom. The van der Waals surface area contributed by atoms with Crippen molar-refractivity contribution in [2.75, 3.05) is 6.54 Å². The van der Waals surface area contributed by atoms with Gasteiger partial charge in [-0.3, -0.25) is 4.79 Å². The molecule has 0 fully saturated rings. The van der Waals surface area contributed by atoms with Crippen LogP contribution < -0.4 is 9.50 Å². The third kappa shape index (κ3) is 8.53. The Labute approximate surface area is 208 Å². The average Bonchev–Trinajstić information content (AvgIpc) is 2.79. The molecule has 0 bridgehead atoms. The van der Waals surface area contributed by atoms with E-state index >= 15 is 0 Å². The van der Waals surface area contributed by atoms with E-state index in [-0.39, 0.29) is 16.6 Å². The van der Waals surface area contributed by atoms with Gasteiger partial charge in [-0.05, 0) is 69.5 Å². The SMILES string of the molecule is Cc1ccc(S(=O)(=O)Oc2ccc(CC(CNCc3ccccc3)C(=O)OC(C)(C)C)cc2)cc1. The molecular weight excluding hydrogens is 462 g/mol. The highest BCUT2D eigenvalue weighted by Crippen LogP contribution is 2.22. The topological polar surface area (TPSA) is 81.7 Å². The van der Waals surface area contributed by atoms with Gasteiger partial charge in [0, 0.05) is 13.1 Å². The molecule has 0 saturated carbocycles. The van der Waals surface area contributed by atoms with Crippen LogP contribution in [-0.4, -0.2) is 26.5 Å². The molecule has 0 heterocycles. The monoisotopic (exact) mass is 495 g/mol. The highest BCUT2D eigenvalue weighted by atomic mass is 32.2. The molecule has 0 saturated heterocycles. The van der Waals surface area contributed by atoms with Gasteiger partial charge >= 0.3 is 16.1 Å². The van der Waals surface area contributed by atoms with Crippen molar-refractivity contribution in [3.63, 3.8) is 0 Å². The molecule has 1 atom stereocenters. The van der Waals surface area contributed by atoms with Crippen LogP contribution in [0.15, 0.2) is 83.8 Å². The number of esters is 1. The maximum absolute atomic E-state index is 12.9. The van der Waals surface area contributed by atoms with E-state index in [0.717, 1.165) is 16.7 Å². The molecule has 0 aliphatic carbocycles. The van der Waals surface area contributed by atoms with Gasteiger partial charge in [0.2, 0.25) is 0 Å². The summed E-state index contributed by atoms with van der Waals surface area (Å²) in [6.45, 7) is 8.52. The Morgan fingerprint density at radius 1 is 0.886 bits per heavy atom. The summed E-state index contributed by atoms with van der Waals surface area (Å²) in [6, 6.07) is 23.2. The number of nitrogens with one attached hydrogen (secondary N) is 1. The van der Waals surface area contributed by atoms with Gasteiger partial charge in [0.25, 0.3) is 0 Å². The zero-order chi connectivity index (χ0) is 25.5. The van der Waals surface area contributed by atoms with Crippen molar-refractivity contribution in [2.24, 2.45) is 5.92 Å². The summed E-state index contributed by atoms with van der Waals surface area (Å²) in [7, 11) is -3.92. The van der Waals surface area contributed by atoms with Gasteiger partial charge in [-0.2, -0.15) is 8.42 Å². The second kappa shape index (κ2) is 11.5. The van der Waals surface area contributed by atoms with Gasteiger partial charge in [-0.15, -0.1) is 0 Å². The van der Waals surface area contributed by atoms with Crippen LogP contribution in [0.2, 0.25) is 0 Å². The first-order valence-corrected chi connectivity index (χ1v) is 13.0. The second-order valence-corrected chi connectivity index (χ2v) is 11.1. The summed E-state index contributed by atoms with van der Waals surface area (Å²) in [5, 5.41) is 3.35. The first kappa shape index (κ1) is 26.4. The Morgan fingerprint density at radius 3 is 2.11 bits per heavy atom. The molecule has 1 unspecified atom stereocenters. The van der Waals surface area contributed by atoms with Crippen molar-refractivity contribution < 1.29 is 22.1 Å². The zero-order valence-corrected chi connectivity index (χ0v) is 21.5. The van der Waals surface area contributed by atoms with Crippen LogP contribution in [0, 0.1) is 12.8 Å². The van der Waals surface area contributed by atoms with Gasteiger partial charge in [0.1, 0.15) is 16.2 Å². The van der Waals surface area contributed by atoms with E-state index in [1.807, 2.05) is 58.0 Å². The molecule has 35 heavy (non-hydrogen) atoms. The van der Waals surface area contributed by atoms with Gasteiger partial charge in [-0.1, -0.05) is 60.2 Å². The normalized spacial score (nSPS) is 12.7. The quantitative estimate of drug-likeness (QED) is 0.313. The van der Waals surface area contributed by atoms with Crippen molar-refractivity contribution in [3.8, 4) is 5.75 Å². The third-order valence-electron chi connectivity index (χ3n) is 5.22. The fourth-order valence-corrected chi connectivity index (χ4v) is 4.39. The van der Waals surface area contributed by atoms with Crippen molar-refractivity contribution >= 4 is 16.1 Å². The minimum absolute atomic E-state index is 0.0988. The molecule has 7 heteroatoms. The smallest absolute Gasteiger partial charge is 0.339 e. The Bertz CT molecular complexity index is 1200. The van der Waals surface area contributed by atoms with E-state index in [2.05, 4.69) is 5.32 Å². The van der Waals surface area contributed by atoms with Crippen LogP contribution in [0.5, 0.6) is 5.75 Å². The highest BCUT2D eigenvalue weighted by Gasteiger charge is 2.25. The first-order chi connectivity index (χ1) is 16.5. The molecule has 186 valence electrons. The van der Waals surface area contributed by atoms with Gasteiger partial charge in [0.05, 0.1) is 5.92 Å². The number of carbonyl (C=O) groups excluding carboxylic acids is 1. The predicted octanol–water partition coefficient (Wildman–Crippen LogP) is 5.05. The molecule has 3 aromatic rings. The van der Waals surface area contributed by atoms with E-state index in [1.165, 1.54) is 12.1 Å². The minimum atomic E-state index is -3.92. The number of hydrogen-bond donors (Lipinski definition) is 1. The molecule has 0 aliphatic heterocycles. The van der Waals surface area contributed by atoms with E-state index in [1.54, 1.807) is 36.4 Å². The van der Waals surface area contributed by atoms with Crippen molar-refractivity contribution in [1.29, 1.82) is 0 Å². The van der Waals surface area contributed by atoms with Crippen LogP contribution in [0.25, 0.3) is 0 Å². The molecule has 0 aliphatic rings. The third-order valence-corrected chi connectivity index (χ3v) is 6.49. The molecule has 0 aromatic heterocycles.